The molecule has 5 nitrogen and oxygen atoms in total. The molecule has 1 aliphatic rings. The van der Waals surface area contributed by atoms with Gasteiger partial charge < -0.3 is 9.88 Å². The van der Waals surface area contributed by atoms with E-state index in [2.05, 4.69) is 39.1 Å². The molecule has 0 aliphatic carbocycles. The molecule has 2 aromatic heterocycles. The lowest BCUT2D eigenvalue weighted by atomic mass is 9.95. The predicted octanol–water partition coefficient (Wildman–Crippen LogP) is 2.98. The molecular formula is C16H19N5. The van der Waals surface area contributed by atoms with Gasteiger partial charge in [0.05, 0.1) is 16.7 Å². The van der Waals surface area contributed by atoms with Crippen molar-refractivity contribution >= 4 is 17.0 Å². The predicted molar refractivity (Wildman–Crippen MR) is 83.6 cm³/mol. The van der Waals surface area contributed by atoms with Crippen LogP contribution in [0.15, 0.2) is 30.3 Å². The van der Waals surface area contributed by atoms with Crippen LogP contribution in [0.4, 0.5) is 5.95 Å². The summed E-state index contributed by atoms with van der Waals surface area (Å²) in [5.41, 5.74) is 4.44. The molecule has 1 fully saturated rings. The van der Waals surface area contributed by atoms with E-state index in [4.69, 9.17) is 4.98 Å². The Morgan fingerprint density at radius 2 is 2.19 bits per heavy atom. The smallest absolute Gasteiger partial charge is 0.203 e. The molecule has 1 saturated heterocycles. The van der Waals surface area contributed by atoms with Crippen LogP contribution in [0, 0.1) is 6.92 Å². The number of anilines is 1. The number of piperidine rings is 1. The summed E-state index contributed by atoms with van der Waals surface area (Å²) < 4.78 is 0. The van der Waals surface area contributed by atoms with Crippen molar-refractivity contribution < 1.29 is 0 Å². The van der Waals surface area contributed by atoms with E-state index in [-0.39, 0.29) is 0 Å². The van der Waals surface area contributed by atoms with Crippen LogP contribution in [0.5, 0.6) is 0 Å². The fraction of sp³-hybridized carbons (Fsp3) is 0.375. The lowest BCUT2D eigenvalue weighted by Gasteiger charge is -2.31. The summed E-state index contributed by atoms with van der Waals surface area (Å²) in [7, 11) is 0. The van der Waals surface area contributed by atoms with E-state index in [1.54, 1.807) is 0 Å². The van der Waals surface area contributed by atoms with Gasteiger partial charge in [-0.15, -0.1) is 0 Å². The van der Waals surface area contributed by atoms with Crippen LogP contribution >= 0.6 is 0 Å². The Morgan fingerprint density at radius 3 is 3.00 bits per heavy atom. The third-order valence-corrected chi connectivity index (χ3v) is 4.24. The van der Waals surface area contributed by atoms with Gasteiger partial charge in [-0.2, -0.15) is 5.10 Å². The maximum absolute atomic E-state index is 4.71. The van der Waals surface area contributed by atoms with Crippen LogP contribution in [0.1, 0.15) is 30.1 Å². The van der Waals surface area contributed by atoms with Crippen LogP contribution in [-0.2, 0) is 0 Å². The molecule has 1 aliphatic heterocycles. The van der Waals surface area contributed by atoms with E-state index in [1.165, 1.54) is 18.5 Å². The zero-order chi connectivity index (χ0) is 14.2. The molecule has 3 aromatic rings. The summed E-state index contributed by atoms with van der Waals surface area (Å²) in [6, 6.07) is 10.3. The standard InChI is InChI=1S/C16H19N5/c1-11-9-15(20-19-11)12-5-4-8-21(10-12)16-17-13-6-2-3-7-14(13)18-16/h2-3,6-7,9,12H,4-5,8,10H2,1H3,(H,17,18)(H,19,20)/t12-/m1/s1. The molecule has 0 unspecified atom stereocenters. The molecule has 0 spiro atoms. The number of nitrogens with one attached hydrogen (secondary N) is 2. The minimum atomic E-state index is 0.483. The molecule has 4 rings (SSSR count). The second-order valence-corrected chi connectivity index (χ2v) is 5.84. The third kappa shape index (κ3) is 2.28. The Morgan fingerprint density at radius 1 is 1.29 bits per heavy atom. The Hall–Kier alpha value is -2.30. The van der Waals surface area contributed by atoms with Crippen molar-refractivity contribution in [2.75, 3.05) is 18.0 Å². The molecule has 2 N–H and O–H groups in total. The van der Waals surface area contributed by atoms with Crippen molar-refractivity contribution in [3.63, 3.8) is 0 Å². The zero-order valence-corrected chi connectivity index (χ0v) is 12.1. The second-order valence-electron chi connectivity index (χ2n) is 5.84. The average Bonchev–Trinajstić information content (AvgIpc) is 3.13. The number of fused-ring (bicyclic) bond motifs is 1. The highest BCUT2D eigenvalue weighted by molar-refractivity contribution is 5.77. The van der Waals surface area contributed by atoms with E-state index in [1.807, 2.05) is 18.2 Å². The van der Waals surface area contributed by atoms with Crippen molar-refractivity contribution in [2.24, 2.45) is 0 Å². The molecule has 1 aromatic carbocycles. The lowest BCUT2D eigenvalue weighted by Crippen LogP contribution is -2.35. The van der Waals surface area contributed by atoms with Gasteiger partial charge in [0.2, 0.25) is 5.95 Å². The van der Waals surface area contributed by atoms with Crippen LogP contribution in [-0.4, -0.2) is 33.3 Å². The van der Waals surface area contributed by atoms with Crippen molar-refractivity contribution in [2.45, 2.75) is 25.7 Å². The van der Waals surface area contributed by atoms with E-state index in [0.717, 1.165) is 35.8 Å². The Labute approximate surface area is 123 Å². The van der Waals surface area contributed by atoms with Gasteiger partial charge in [0, 0.05) is 24.7 Å². The minimum absolute atomic E-state index is 0.483. The number of rotatable bonds is 2. The normalized spacial score (nSPS) is 19.3. The molecule has 108 valence electrons. The maximum atomic E-state index is 4.71. The number of aromatic nitrogens is 4. The molecule has 3 heterocycles. The fourth-order valence-corrected chi connectivity index (χ4v) is 3.15. The first-order chi connectivity index (χ1) is 10.3. The van der Waals surface area contributed by atoms with Crippen LogP contribution in [0.25, 0.3) is 11.0 Å². The summed E-state index contributed by atoms with van der Waals surface area (Å²) in [5, 5.41) is 7.48. The molecule has 1 atom stereocenters. The summed E-state index contributed by atoms with van der Waals surface area (Å²) in [4.78, 5) is 10.5. The number of aryl methyl sites for hydroxylation is 1. The molecule has 0 bridgehead atoms. The largest absolute Gasteiger partial charge is 0.342 e. The highest BCUT2D eigenvalue weighted by Gasteiger charge is 2.24. The number of nitrogens with zero attached hydrogens (tertiary/aromatic N) is 3. The summed E-state index contributed by atoms with van der Waals surface area (Å²) in [6.45, 7) is 4.08. The molecule has 0 amide bonds. The Bertz CT molecular complexity index is 724. The highest BCUT2D eigenvalue weighted by Crippen LogP contribution is 2.29. The number of para-hydroxylation sites is 2. The number of hydrogen-bond acceptors (Lipinski definition) is 3. The van der Waals surface area contributed by atoms with Gasteiger partial charge in [0.25, 0.3) is 0 Å². The molecule has 0 saturated carbocycles. The molecule has 21 heavy (non-hydrogen) atoms. The highest BCUT2D eigenvalue weighted by atomic mass is 15.3. The quantitative estimate of drug-likeness (QED) is 0.759. The fourth-order valence-electron chi connectivity index (χ4n) is 3.15. The monoisotopic (exact) mass is 281 g/mol. The molecular weight excluding hydrogens is 262 g/mol. The number of benzene rings is 1. The number of H-pyrrole nitrogens is 2. The van der Waals surface area contributed by atoms with Crippen LogP contribution in [0.2, 0.25) is 0 Å². The van der Waals surface area contributed by atoms with E-state index >= 15 is 0 Å². The summed E-state index contributed by atoms with van der Waals surface area (Å²) in [5.74, 6) is 1.46. The summed E-state index contributed by atoms with van der Waals surface area (Å²) in [6.07, 6.45) is 2.37. The van der Waals surface area contributed by atoms with E-state index < -0.39 is 0 Å². The number of hydrogen-bond donors (Lipinski definition) is 2. The van der Waals surface area contributed by atoms with Crippen LogP contribution < -0.4 is 4.90 Å². The topological polar surface area (TPSA) is 60.6 Å². The van der Waals surface area contributed by atoms with Crippen molar-refractivity contribution in [1.82, 2.24) is 20.2 Å². The third-order valence-electron chi connectivity index (χ3n) is 4.24. The number of imidazole rings is 1. The van der Waals surface area contributed by atoms with Crippen molar-refractivity contribution in [3.8, 4) is 0 Å². The first-order valence-corrected chi connectivity index (χ1v) is 7.51. The van der Waals surface area contributed by atoms with Crippen molar-refractivity contribution in [1.29, 1.82) is 0 Å². The lowest BCUT2D eigenvalue weighted by molar-refractivity contribution is 0.496. The summed E-state index contributed by atoms with van der Waals surface area (Å²) >= 11 is 0. The second kappa shape index (κ2) is 4.91. The van der Waals surface area contributed by atoms with Gasteiger partial charge in [0.15, 0.2) is 0 Å². The zero-order valence-electron chi connectivity index (χ0n) is 12.1. The van der Waals surface area contributed by atoms with Gasteiger partial charge in [0.1, 0.15) is 0 Å². The van der Waals surface area contributed by atoms with Gasteiger partial charge in [-0.1, -0.05) is 12.1 Å². The van der Waals surface area contributed by atoms with Crippen molar-refractivity contribution in [3.05, 3.63) is 41.7 Å². The molecule has 0 radical (unpaired) electrons. The first kappa shape index (κ1) is 12.4. The SMILES string of the molecule is Cc1cc([C@@H]2CCCN(c3nc4ccccc4[nH]3)C2)n[nH]1. The van der Waals surface area contributed by atoms with E-state index in [9.17, 15) is 0 Å². The molecule has 5 heteroatoms. The van der Waals surface area contributed by atoms with Gasteiger partial charge in [-0.25, -0.2) is 4.98 Å². The van der Waals surface area contributed by atoms with Crippen LogP contribution in [0.3, 0.4) is 0 Å². The minimum Gasteiger partial charge on any atom is -0.342 e. The van der Waals surface area contributed by atoms with Gasteiger partial charge in [-0.3, -0.25) is 5.10 Å². The average molecular weight is 281 g/mol. The van der Waals surface area contributed by atoms with E-state index in [0.29, 0.717) is 5.92 Å². The van der Waals surface area contributed by atoms with Gasteiger partial charge >= 0.3 is 0 Å². The Kier molecular flexibility index (Phi) is 2.91. The van der Waals surface area contributed by atoms with Gasteiger partial charge in [-0.05, 0) is 38.0 Å². The Balaban J connectivity index is 1.60. The number of aromatic amines is 2. The maximum Gasteiger partial charge on any atom is 0.203 e. The first-order valence-electron chi connectivity index (χ1n) is 7.51.